The molecule has 0 fully saturated rings. The van der Waals surface area contributed by atoms with Crippen LogP contribution in [0.15, 0.2) is 12.3 Å². The summed E-state index contributed by atoms with van der Waals surface area (Å²) in [6, 6.07) is 1.24. The van der Waals surface area contributed by atoms with E-state index in [0.717, 1.165) is 0 Å². The molecule has 6 heteroatoms. The summed E-state index contributed by atoms with van der Waals surface area (Å²) in [7, 11) is 0. The first-order chi connectivity index (χ1) is 6.57. The molecule has 0 aromatic carbocycles. The number of aliphatic hydroxyl groups is 2. The molecule has 0 aliphatic heterocycles. The molecule has 1 heterocycles. The molecule has 0 aliphatic rings. The lowest BCUT2D eigenvalue weighted by molar-refractivity contribution is 0.0304. The summed E-state index contributed by atoms with van der Waals surface area (Å²) in [5.74, 6) is -1.04. The van der Waals surface area contributed by atoms with Crippen LogP contribution in [0.3, 0.4) is 0 Å². The lowest BCUT2D eigenvalue weighted by Gasteiger charge is -2.16. The van der Waals surface area contributed by atoms with E-state index in [0.29, 0.717) is 0 Å². The van der Waals surface area contributed by atoms with Gasteiger partial charge in [-0.25, -0.2) is 9.37 Å². The molecular formula is C8H8Cl2FNO2. The Balaban J connectivity index is 3.01. The smallest absolute Gasteiger partial charge is 0.166 e. The predicted molar refractivity (Wildman–Crippen MR) is 50.9 cm³/mol. The normalized spacial score (nSPS) is 15.2. The second-order valence-corrected chi connectivity index (χ2v) is 3.34. The van der Waals surface area contributed by atoms with Gasteiger partial charge in [0, 0.05) is 11.8 Å². The Morgan fingerprint density at radius 3 is 2.71 bits per heavy atom. The van der Waals surface area contributed by atoms with Gasteiger partial charge in [-0.15, -0.1) is 11.6 Å². The molecule has 0 radical (unpaired) electrons. The van der Waals surface area contributed by atoms with Gasteiger partial charge in [-0.05, 0) is 6.07 Å². The number of nitrogens with zero attached hydrogens (tertiary/aromatic N) is 1. The van der Waals surface area contributed by atoms with Crippen LogP contribution in [-0.2, 0) is 0 Å². The maximum atomic E-state index is 13.2. The molecule has 0 bridgehead atoms. The Hall–Kier alpha value is -0.420. The van der Waals surface area contributed by atoms with Crippen LogP contribution < -0.4 is 0 Å². The van der Waals surface area contributed by atoms with Crippen LogP contribution in [0, 0.1) is 5.82 Å². The van der Waals surface area contributed by atoms with Crippen molar-refractivity contribution in [3.8, 4) is 0 Å². The zero-order valence-corrected chi connectivity index (χ0v) is 8.50. The molecule has 2 N–H and O–H groups in total. The number of aliphatic hydroxyl groups excluding tert-OH is 2. The van der Waals surface area contributed by atoms with Gasteiger partial charge in [0.05, 0.1) is 12.0 Å². The van der Waals surface area contributed by atoms with Crippen LogP contribution in [0.2, 0.25) is 5.15 Å². The molecule has 2 unspecified atom stereocenters. The Kier molecular flexibility index (Phi) is 4.07. The van der Waals surface area contributed by atoms with Gasteiger partial charge in [0.1, 0.15) is 6.10 Å². The summed E-state index contributed by atoms with van der Waals surface area (Å²) in [5, 5.41) is 18.3. The van der Waals surface area contributed by atoms with Gasteiger partial charge < -0.3 is 10.2 Å². The van der Waals surface area contributed by atoms with Crippen molar-refractivity contribution in [1.29, 1.82) is 0 Å². The maximum Gasteiger partial charge on any atom is 0.166 e. The molecule has 2 atom stereocenters. The summed E-state index contributed by atoms with van der Waals surface area (Å²) >= 11 is 10.7. The van der Waals surface area contributed by atoms with Crippen LogP contribution in [0.25, 0.3) is 0 Å². The topological polar surface area (TPSA) is 53.4 Å². The van der Waals surface area contributed by atoms with Gasteiger partial charge in [-0.2, -0.15) is 0 Å². The molecule has 1 aromatic rings. The highest BCUT2D eigenvalue weighted by Crippen LogP contribution is 2.24. The number of aromatic nitrogens is 1. The summed E-state index contributed by atoms with van der Waals surface area (Å²) in [6.07, 6.45) is -1.39. The maximum absolute atomic E-state index is 13.2. The molecule has 3 nitrogen and oxygen atoms in total. The number of hydrogen-bond donors (Lipinski definition) is 2. The second kappa shape index (κ2) is 4.89. The third kappa shape index (κ3) is 2.33. The minimum absolute atomic E-state index is 0.113. The minimum Gasteiger partial charge on any atom is -0.389 e. The van der Waals surface area contributed by atoms with E-state index in [-0.39, 0.29) is 16.6 Å². The van der Waals surface area contributed by atoms with Gasteiger partial charge >= 0.3 is 0 Å². The molecule has 0 saturated heterocycles. The van der Waals surface area contributed by atoms with Gasteiger partial charge in [0.2, 0.25) is 0 Å². The first-order valence-corrected chi connectivity index (χ1v) is 4.71. The first-order valence-electron chi connectivity index (χ1n) is 3.80. The van der Waals surface area contributed by atoms with E-state index in [9.17, 15) is 14.6 Å². The Morgan fingerprint density at radius 2 is 2.14 bits per heavy atom. The van der Waals surface area contributed by atoms with E-state index < -0.39 is 18.0 Å². The SMILES string of the molecule is OC(CCl)C(O)c1ccnc(Cl)c1F. The van der Waals surface area contributed by atoms with E-state index in [1.54, 1.807) is 0 Å². The van der Waals surface area contributed by atoms with Crippen molar-refractivity contribution in [2.24, 2.45) is 0 Å². The number of rotatable bonds is 3. The van der Waals surface area contributed by atoms with E-state index >= 15 is 0 Å². The highest BCUT2D eigenvalue weighted by molar-refractivity contribution is 6.29. The minimum atomic E-state index is -1.40. The molecule has 14 heavy (non-hydrogen) atoms. The number of pyridine rings is 1. The monoisotopic (exact) mass is 239 g/mol. The van der Waals surface area contributed by atoms with E-state index in [2.05, 4.69) is 4.98 Å². The van der Waals surface area contributed by atoms with E-state index in [1.807, 2.05) is 0 Å². The molecule has 0 amide bonds. The standard InChI is InChI=1S/C8H8Cl2FNO2/c9-3-5(13)7(14)4-1-2-12-8(10)6(4)11/h1-2,5,7,13-14H,3H2. The van der Waals surface area contributed by atoms with Crippen molar-refractivity contribution >= 4 is 23.2 Å². The molecule has 0 saturated carbocycles. The highest BCUT2D eigenvalue weighted by Gasteiger charge is 2.22. The summed E-state index contributed by atoms with van der Waals surface area (Å²) in [4.78, 5) is 3.47. The van der Waals surface area contributed by atoms with Crippen molar-refractivity contribution in [3.63, 3.8) is 0 Å². The third-order valence-corrected chi connectivity index (χ3v) is 2.30. The van der Waals surface area contributed by atoms with Crippen LogP contribution in [0.5, 0.6) is 0 Å². The van der Waals surface area contributed by atoms with Crippen molar-refractivity contribution in [2.75, 3.05) is 5.88 Å². The number of halogens is 3. The second-order valence-electron chi connectivity index (χ2n) is 2.67. The Labute approximate surface area is 90.1 Å². The number of hydrogen-bond acceptors (Lipinski definition) is 3. The fourth-order valence-corrected chi connectivity index (χ4v) is 1.29. The zero-order chi connectivity index (χ0) is 10.7. The fourth-order valence-electron chi connectivity index (χ4n) is 0.952. The zero-order valence-electron chi connectivity index (χ0n) is 6.99. The lowest BCUT2D eigenvalue weighted by atomic mass is 10.1. The van der Waals surface area contributed by atoms with Gasteiger partial charge in [-0.1, -0.05) is 11.6 Å². The average Bonchev–Trinajstić information content (AvgIpc) is 2.20. The number of alkyl halides is 1. The molecule has 0 aliphatic carbocycles. The fraction of sp³-hybridized carbons (Fsp3) is 0.375. The van der Waals surface area contributed by atoms with Gasteiger partial charge in [-0.3, -0.25) is 0 Å². The highest BCUT2D eigenvalue weighted by atomic mass is 35.5. The van der Waals surface area contributed by atoms with Crippen LogP contribution in [-0.4, -0.2) is 27.2 Å². The molecule has 0 spiro atoms. The largest absolute Gasteiger partial charge is 0.389 e. The van der Waals surface area contributed by atoms with Crippen LogP contribution in [0.4, 0.5) is 4.39 Å². The van der Waals surface area contributed by atoms with Crippen molar-refractivity contribution in [1.82, 2.24) is 4.98 Å². The van der Waals surface area contributed by atoms with Crippen LogP contribution in [0.1, 0.15) is 11.7 Å². The summed E-state index contributed by atoms with van der Waals surface area (Å²) < 4.78 is 13.2. The van der Waals surface area contributed by atoms with Crippen molar-refractivity contribution < 1.29 is 14.6 Å². The molecule has 1 aromatic heterocycles. The van der Waals surface area contributed by atoms with Crippen LogP contribution >= 0.6 is 23.2 Å². The van der Waals surface area contributed by atoms with E-state index in [4.69, 9.17) is 23.2 Å². The average molecular weight is 240 g/mol. The molecule has 1 rings (SSSR count). The lowest BCUT2D eigenvalue weighted by Crippen LogP contribution is -2.20. The Bertz CT molecular complexity index is 324. The summed E-state index contributed by atoms with van der Waals surface area (Å²) in [6.45, 7) is 0. The van der Waals surface area contributed by atoms with Gasteiger partial charge in [0.15, 0.2) is 11.0 Å². The van der Waals surface area contributed by atoms with Gasteiger partial charge in [0.25, 0.3) is 0 Å². The first kappa shape index (κ1) is 11.7. The molecule has 78 valence electrons. The Morgan fingerprint density at radius 1 is 1.50 bits per heavy atom. The van der Waals surface area contributed by atoms with Crippen molar-refractivity contribution in [2.45, 2.75) is 12.2 Å². The van der Waals surface area contributed by atoms with Crippen molar-refractivity contribution in [3.05, 3.63) is 28.8 Å². The quantitative estimate of drug-likeness (QED) is 0.621. The predicted octanol–water partition coefficient (Wildman–Crippen LogP) is 1.51. The van der Waals surface area contributed by atoms with E-state index in [1.165, 1.54) is 12.3 Å². The third-order valence-electron chi connectivity index (χ3n) is 1.72. The summed E-state index contributed by atoms with van der Waals surface area (Å²) in [5.41, 5.74) is -0.113. The molecular weight excluding hydrogens is 232 g/mol.